The minimum atomic E-state index is -0.703. The van der Waals surface area contributed by atoms with Gasteiger partial charge in [0, 0.05) is 11.9 Å². The second-order valence-corrected chi connectivity index (χ2v) is 5.67. The molecule has 1 aromatic heterocycles. The third kappa shape index (κ3) is 5.86. The lowest BCUT2D eigenvalue weighted by Crippen LogP contribution is -2.35. The average Bonchev–Trinajstić information content (AvgIpc) is 2.65. The quantitative estimate of drug-likeness (QED) is 0.571. The van der Waals surface area contributed by atoms with Gasteiger partial charge in [0.05, 0.1) is 12.1 Å². The van der Waals surface area contributed by atoms with Gasteiger partial charge in [-0.25, -0.2) is 9.78 Å². The van der Waals surface area contributed by atoms with Crippen molar-refractivity contribution in [2.75, 3.05) is 18.5 Å². The Morgan fingerprint density at radius 2 is 1.88 bits per heavy atom. The van der Waals surface area contributed by atoms with E-state index in [9.17, 15) is 14.4 Å². The van der Waals surface area contributed by atoms with Crippen LogP contribution in [0.15, 0.2) is 42.6 Å². The molecule has 2 rings (SSSR count). The lowest BCUT2D eigenvalue weighted by molar-refractivity contribution is -0.126. The molecule has 0 bridgehead atoms. The van der Waals surface area contributed by atoms with E-state index < -0.39 is 18.5 Å². The number of hydrogen-bond donors (Lipinski definition) is 2. The van der Waals surface area contributed by atoms with Crippen LogP contribution in [0.3, 0.4) is 0 Å². The number of nitrogens with one attached hydrogen (secondary N) is 2. The van der Waals surface area contributed by atoms with E-state index in [2.05, 4.69) is 15.6 Å². The number of ether oxygens (including phenoxy) is 1. The molecule has 0 aliphatic heterocycles. The van der Waals surface area contributed by atoms with Crippen molar-refractivity contribution in [1.82, 2.24) is 10.3 Å². The van der Waals surface area contributed by atoms with E-state index in [0.717, 1.165) is 12.0 Å². The highest BCUT2D eigenvalue weighted by Gasteiger charge is 2.12. The van der Waals surface area contributed by atoms with Crippen LogP contribution in [0.2, 0.25) is 5.15 Å². The molecule has 8 heteroatoms. The number of pyridine rings is 1. The SMILES string of the molecule is CCc1ccccc1NC(=O)CNC(=O)COC(=O)c1ccc(Cl)nc1. The highest BCUT2D eigenvalue weighted by molar-refractivity contribution is 6.29. The standard InChI is InChI=1S/C18H18ClN3O4/c1-2-12-5-3-4-6-14(12)22-16(23)10-21-17(24)11-26-18(25)13-7-8-15(19)20-9-13/h3-9H,2,10-11H2,1H3,(H,21,24)(H,22,23). The van der Waals surface area contributed by atoms with E-state index in [1.165, 1.54) is 18.3 Å². The number of para-hydroxylation sites is 1. The molecule has 7 nitrogen and oxygen atoms in total. The normalized spacial score (nSPS) is 10.1. The van der Waals surface area contributed by atoms with Crippen LogP contribution in [0.4, 0.5) is 5.69 Å². The van der Waals surface area contributed by atoms with Gasteiger partial charge in [0.25, 0.3) is 5.91 Å². The van der Waals surface area contributed by atoms with Gasteiger partial charge in [-0.2, -0.15) is 0 Å². The molecule has 1 heterocycles. The number of esters is 1. The summed E-state index contributed by atoms with van der Waals surface area (Å²) in [5.41, 5.74) is 1.88. The van der Waals surface area contributed by atoms with Crippen molar-refractivity contribution in [3.8, 4) is 0 Å². The molecule has 0 saturated heterocycles. The number of amides is 2. The number of carbonyl (C=O) groups is 3. The number of aryl methyl sites for hydroxylation is 1. The van der Waals surface area contributed by atoms with Crippen molar-refractivity contribution < 1.29 is 19.1 Å². The first-order valence-electron chi connectivity index (χ1n) is 7.92. The lowest BCUT2D eigenvalue weighted by Gasteiger charge is -2.10. The summed E-state index contributed by atoms with van der Waals surface area (Å²) in [4.78, 5) is 39.1. The highest BCUT2D eigenvalue weighted by atomic mass is 35.5. The van der Waals surface area contributed by atoms with Crippen molar-refractivity contribution in [2.24, 2.45) is 0 Å². The summed E-state index contributed by atoms with van der Waals surface area (Å²) in [6.07, 6.45) is 2.03. The highest BCUT2D eigenvalue weighted by Crippen LogP contribution is 2.14. The number of hydrogen-bond acceptors (Lipinski definition) is 5. The molecule has 0 spiro atoms. The van der Waals surface area contributed by atoms with Crippen LogP contribution in [0.25, 0.3) is 0 Å². The number of halogens is 1. The first kappa shape index (κ1) is 19.4. The Morgan fingerprint density at radius 1 is 1.12 bits per heavy atom. The molecule has 0 aliphatic carbocycles. The Morgan fingerprint density at radius 3 is 2.58 bits per heavy atom. The Kier molecular flexibility index (Phi) is 7.11. The second kappa shape index (κ2) is 9.53. The third-order valence-corrected chi connectivity index (χ3v) is 3.64. The molecule has 1 aromatic carbocycles. The average molecular weight is 376 g/mol. The molecule has 0 atom stereocenters. The smallest absolute Gasteiger partial charge is 0.340 e. The van der Waals surface area contributed by atoms with E-state index in [0.29, 0.717) is 5.69 Å². The van der Waals surface area contributed by atoms with Gasteiger partial charge in [-0.1, -0.05) is 36.7 Å². The minimum Gasteiger partial charge on any atom is -0.452 e. The zero-order valence-corrected chi connectivity index (χ0v) is 14.9. The fourth-order valence-electron chi connectivity index (χ4n) is 2.09. The molecule has 26 heavy (non-hydrogen) atoms. The molecule has 2 aromatic rings. The van der Waals surface area contributed by atoms with Gasteiger partial charge in [-0.15, -0.1) is 0 Å². The Labute approximate surface area is 155 Å². The number of anilines is 1. The summed E-state index contributed by atoms with van der Waals surface area (Å²) in [6.45, 7) is 1.26. The topological polar surface area (TPSA) is 97.4 Å². The molecule has 0 saturated carbocycles. The zero-order chi connectivity index (χ0) is 18.9. The maximum Gasteiger partial charge on any atom is 0.340 e. The summed E-state index contributed by atoms with van der Waals surface area (Å²) in [5.74, 6) is -1.66. The van der Waals surface area contributed by atoms with Crippen molar-refractivity contribution in [3.63, 3.8) is 0 Å². The van der Waals surface area contributed by atoms with E-state index >= 15 is 0 Å². The van der Waals surface area contributed by atoms with E-state index in [1.807, 2.05) is 25.1 Å². The van der Waals surface area contributed by atoms with Crippen LogP contribution < -0.4 is 10.6 Å². The minimum absolute atomic E-state index is 0.177. The van der Waals surface area contributed by atoms with Gasteiger partial charge in [-0.3, -0.25) is 9.59 Å². The van der Waals surface area contributed by atoms with Crippen molar-refractivity contribution in [1.29, 1.82) is 0 Å². The predicted octanol–water partition coefficient (Wildman–Crippen LogP) is 2.21. The molecule has 136 valence electrons. The number of rotatable bonds is 7. The fraction of sp³-hybridized carbons (Fsp3) is 0.222. The molecule has 0 fully saturated rings. The van der Waals surface area contributed by atoms with Gasteiger partial charge < -0.3 is 15.4 Å². The van der Waals surface area contributed by atoms with Gasteiger partial charge in [-0.05, 0) is 30.2 Å². The summed E-state index contributed by atoms with van der Waals surface area (Å²) in [5, 5.41) is 5.37. The summed E-state index contributed by atoms with van der Waals surface area (Å²) in [6, 6.07) is 10.3. The van der Waals surface area contributed by atoms with Crippen LogP contribution >= 0.6 is 11.6 Å². The summed E-state index contributed by atoms with van der Waals surface area (Å²) in [7, 11) is 0. The van der Waals surface area contributed by atoms with Crippen LogP contribution in [-0.4, -0.2) is 35.9 Å². The first-order chi connectivity index (χ1) is 12.5. The van der Waals surface area contributed by atoms with E-state index in [-0.39, 0.29) is 23.2 Å². The van der Waals surface area contributed by atoms with Gasteiger partial charge in [0.15, 0.2) is 6.61 Å². The van der Waals surface area contributed by atoms with Crippen LogP contribution in [0.1, 0.15) is 22.8 Å². The summed E-state index contributed by atoms with van der Waals surface area (Å²) < 4.78 is 4.85. The monoisotopic (exact) mass is 375 g/mol. The van der Waals surface area contributed by atoms with E-state index in [1.54, 1.807) is 6.07 Å². The molecular weight excluding hydrogens is 358 g/mol. The van der Waals surface area contributed by atoms with Gasteiger partial charge in [0.1, 0.15) is 5.15 Å². The van der Waals surface area contributed by atoms with Crippen LogP contribution in [-0.2, 0) is 20.7 Å². The second-order valence-electron chi connectivity index (χ2n) is 5.28. The van der Waals surface area contributed by atoms with Crippen molar-refractivity contribution in [2.45, 2.75) is 13.3 Å². The van der Waals surface area contributed by atoms with Crippen molar-refractivity contribution in [3.05, 3.63) is 58.9 Å². The predicted molar refractivity (Wildman–Crippen MR) is 97.0 cm³/mol. The third-order valence-electron chi connectivity index (χ3n) is 3.42. The van der Waals surface area contributed by atoms with Crippen molar-refractivity contribution >= 4 is 35.1 Å². The maximum absolute atomic E-state index is 11.9. The number of benzene rings is 1. The maximum atomic E-state index is 11.9. The number of nitrogens with zero attached hydrogens (tertiary/aromatic N) is 1. The molecule has 2 N–H and O–H groups in total. The Bertz CT molecular complexity index is 793. The largest absolute Gasteiger partial charge is 0.452 e. The zero-order valence-electron chi connectivity index (χ0n) is 14.1. The fourth-order valence-corrected chi connectivity index (χ4v) is 2.20. The number of aromatic nitrogens is 1. The lowest BCUT2D eigenvalue weighted by atomic mass is 10.1. The molecular formula is C18H18ClN3O4. The Balaban J connectivity index is 1.75. The molecule has 2 amide bonds. The number of carbonyl (C=O) groups excluding carboxylic acids is 3. The Hall–Kier alpha value is -2.93. The van der Waals surface area contributed by atoms with Crippen LogP contribution in [0.5, 0.6) is 0 Å². The summed E-state index contributed by atoms with van der Waals surface area (Å²) >= 11 is 5.63. The van der Waals surface area contributed by atoms with Gasteiger partial charge in [0.2, 0.25) is 5.91 Å². The van der Waals surface area contributed by atoms with E-state index in [4.69, 9.17) is 16.3 Å². The van der Waals surface area contributed by atoms with Gasteiger partial charge >= 0.3 is 5.97 Å². The van der Waals surface area contributed by atoms with Crippen LogP contribution in [0, 0.1) is 0 Å². The molecule has 0 unspecified atom stereocenters. The first-order valence-corrected chi connectivity index (χ1v) is 8.30. The molecule has 0 aliphatic rings. The molecule has 0 radical (unpaired) electrons.